The third kappa shape index (κ3) is 3.29. The zero-order chi connectivity index (χ0) is 14.7. The summed E-state index contributed by atoms with van der Waals surface area (Å²) in [6.45, 7) is 0.490. The van der Waals surface area contributed by atoms with E-state index in [-0.39, 0.29) is 11.1 Å². The number of benzene rings is 1. The van der Waals surface area contributed by atoms with Crippen molar-refractivity contribution in [1.82, 2.24) is 14.8 Å². The number of carbonyl (C=O) groups excluding carboxylic acids is 1. The summed E-state index contributed by atoms with van der Waals surface area (Å²) in [7, 11) is 1.61. The van der Waals surface area contributed by atoms with Gasteiger partial charge >= 0.3 is 0 Å². The van der Waals surface area contributed by atoms with E-state index >= 15 is 0 Å². The van der Waals surface area contributed by atoms with E-state index < -0.39 is 0 Å². The van der Waals surface area contributed by atoms with Crippen molar-refractivity contribution in [2.75, 3.05) is 12.4 Å². The molecule has 1 heterocycles. The monoisotopic (exact) mass is 465 g/mol. The van der Waals surface area contributed by atoms with Gasteiger partial charge in [0.1, 0.15) is 5.75 Å². The first-order valence-corrected chi connectivity index (χ1v) is 8.27. The molecule has 0 aliphatic carbocycles. The number of aromatic nitrogens is 3. The molecule has 0 unspecified atom stereocenters. The standard InChI is InChI=1S/C12H10Br3N3O2/c1-20-10-3-2-7(4-8(10)14)6-18-11(9(19)5-13)16-17-12(18)15/h2-4H,5-6H2,1H3. The van der Waals surface area contributed by atoms with E-state index in [2.05, 4.69) is 58.0 Å². The summed E-state index contributed by atoms with van der Waals surface area (Å²) in [6.07, 6.45) is 0. The SMILES string of the molecule is COc1ccc(Cn2c(Br)nnc2C(=O)CBr)cc1Br. The maximum atomic E-state index is 11.8. The summed E-state index contributed by atoms with van der Waals surface area (Å²) < 4.78 is 8.29. The van der Waals surface area contributed by atoms with Gasteiger partial charge in [-0.05, 0) is 49.6 Å². The van der Waals surface area contributed by atoms with Crippen LogP contribution in [-0.2, 0) is 6.54 Å². The average molecular weight is 468 g/mol. The molecular weight excluding hydrogens is 458 g/mol. The van der Waals surface area contributed by atoms with Crippen molar-refractivity contribution in [3.8, 4) is 5.75 Å². The lowest BCUT2D eigenvalue weighted by Gasteiger charge is -2.09. The zero-order valence-electron chi connectivity index (χ0n) is 10.4. The van der Waals surface area contributed by atoms with Crippen LogP contribution in [0.5, 0.6) is 5.75 Å². The Morgan fingerprint density at radius 2 is 2.10 bits per heavy atom. The molecule has 0 spiro atoms. The number of ether oxygens (including phenoxy) is 1. The Kier molecular flexibility index (Phi) is 5.34. The summed E-state index contributed by atoms with van der Waals surface area (Å²) in [5.41, 5.74) is 1.00. The molecule has 2 rings (SSSR count). The largest absolute Gasteiger partial charge is 0.496 e. The van der Waals surface area contributed by atoms with E-state index in [4.69, 9.17) is 4.74 Å². The van der Waals surface area contributed by atoms with Gasteiger partial charge in [-0.2, -0.15) is 0 Å². The third-order valence-corrected chi connectivity index (χ3v) is 4.35. The Labute approximate surface area is 141 Å². The second-order valence-electron chi connectivity index (χ2n) is 3.90. The highest BCUT2D eigenvalue weighted by molar-refractivity contribution is 9.10. The van der Waals surface area contributed by atoms with Gasteiger partial charge in [0, 0.05) is 0 Å². The van der Waals surface area contributed by atoms with Gasteiger partial charge < -0.3 is 4.74 Å². The molecule has 0 bridgehead atoms. The first-order chi connectivity index (χ1) is 9.56. The quantitative estimate of drug-likeness (QED) is 0.499. The van der Waals surface area contributed by atoms with Crippen molar-refractivity contribution < 1.29 is 9.53 Å². The second kappa shape index (κ2) is 6.82. The van der Waals surface area contributed by atoms with Gasteiger partial charge in [0.15, 0.2) is 0 Å². The molecule has 8 heteroatoms. The van der Waals surface area contributed by atoms with Crippen molar-refractivity contribution in [2.24, 2.45) is 0 Å². The van der Waals surface area contributed by atoms with Gasteiger partial charge in [0.25, 0.3) is 0 Å². The van der Waals surface area contributed by atoms with Crippen LogP contribution in [0.2, 0.25) is 0 Å². The van der Waals surface area contributed by atoms with Crippen molar-refractivity contribution in [3.05, 3.63) is 38.8 Å². The molecule has 2 aromatic rings. The zero-order valence-corrected chi connectivity index (χ0v) is 15.2. The predicted molar refractivity (Wildman–Crippen MR) is 85.6 cm³/mol. The van der Waals surface area contributed by atoms with Gasteiger partial charge in [-0.15, -0.1) is 10.2 Å². The highest BCUT2D eigenvalue weighted by Crippen LogP contribution is 2.26. The molecular formula is C12H10Br3N3O2. The molecule has 5 nitrogen and oxygen atoms in total. The van der Waals surface area contributed by atoms with E-state index in [0.29, 0.717) is 17.1 Å². The highest BCUT2D eigenvalue weighted by Gasteiger charge is 2.17. The lowest BCUT2D eigenvalue weighted by Crippen LogP contribution is -2.12. The minimum Gasteiger partial charge on any atom is -0.496 e. The fourth-order valence-corrected chi connectivity index (χ4v) is 2.89. The normalized spacial score (nSPS) is 10.6. The van der Waals surface area contributed by atoms with E-state index in [0.717, 1.165) is 15.8 Å². The molecule has 106 valence electrons. The highest BCUT2D eigenvalue weighted by atomic mass is 79.9. The molecule has 0 N–H and O–H groups in total. The van der Waals surface area contributed by atoms with Gasteiger partial charge in [-0.25, -0.2) is 0 Å². The van der Waals surface area contributed by atoms with Crippen LogP contribution in [0.1, 0.15) is 16.2 Å². The van der Waals surface area contributed by atoms with Crippen molar-refractivity contribution in [1.29, 1.82) is 0 Å². The maximum Gasteiger partial charge on any atom is 0.210 e. The minimum atomic E-state index is -0.115. The Hall–Kier alpha value is -0.730. The topological polar surface area (TPSA) is 57.0 Å². The van der Waals surface area contributed by atoms with Crippen molar-refractivity contribution in [2.45, 2.75) is 6.54 Å². The number of alkyl halides is 1. The Morgan fingerprint density at radius 1 is 1.35 bits per heavy atom. The van der Waals surface area contributed by atoms with Crippen molar-refractivity contribution in [3.63, 3.8) is 0 Å². The van der Waals surface area contributed by atoms with Gasteiger partial charge in [0.05, 0.1) is 23.5 Å². The Bertz CT molecular complexity index is 643. The molecule has 0 saturated carbocycles. The number of hydrogen-bond acceptors (Lipinski definition) is 4. The van der Waals surface area contributed by atoms with Crippen LogP contribution in [0.15, 0.2) is 27.4 Å². The third-order valence-electron chi connectivity index (χ3n) is 2.63. The fourth-order valence-electron chi connectivity index (χ4n) is 1.68. The van der Waals surface area contributed by atoms with Crippen LogP contribution in [0.4, 0.5) is 0 Å². The molecule has 0 amide bonds. The number of halogens is 3. The van der Waals surface area contributed by atoms with Crippen LogP contribution in [-0.4, -0.2) is 33.0 Å². The molecule has 0 fully saturated rings. The van der Waals surface area contributed by atoms with Crippen LogP contribution < -0.4 is 4.74 Å². The molecule has 0 atom stereocenters. The van der Waals surface area contributed by atoms with Gasteiger partial charge in [0.2, 0.25) is 16.3 Å². The van der Waals surface area contributed by atoms with Gasteiger partial charge in [-0.1, -0.05) is 22.0 Å². The predicted octanol–water partition coefficient (Wildman–Crippen LogP) is 3.44. The molecule has 20 heavy (non-hydrogen) atoms. The number of hydrogen-bond donors (Lipinski definition) is 0. The van der Waals surface area contributed by atoms with E-state index in [1.807, 2.05) is 18.2 Å². The molecule has 0 saturated heterocycles. The number of nitrogens with zero attached hydrogens (tertiary/aromatic N) is 3. The lowest BCUT2D eigenvalue weighted by molar-refractivity contribution is 0.101. The number of Topliss-reactive ketones (excluding diaryl/α,β-unsaturated/α-hetero) is 1. The Morgan fingerprint density at radius 3 is 2.70 bits per heavy atom. The summed E-state index contributed by atoms with van der Waals surface area (Å²) >= 11 is 9.88. The van der Waals surface area contributed by atoms with E-state index in [1.165, 1.54) is 0 Å². The number of ketones is 1. The smallest absolute Gasteiger partial charge is 0.210 e. The van der Waals surface area contributed by atoms with Crippen LogP contribution in [0, 0.1) is 0 Å². The van der Waals surface area contributed by atoms with Crippen LogP contribution >= 0.6 is 47.8 Å². The molecule has 0 aliphatic heterocycles. The summed E-state index contributed by atoms with van der Waals surface area (Å²) in [5.74, 6) is 0.963. The minimum absolute atomic E-state index is 0.115. The van der Waals surface area contributed by atoms with E-state index in [1.54, 1.807) is 11.7 Å². The van der Waals surface area contributed by atoms with Crippen LogP contribution in [0.3, 0.4) is 0 Å². The molecule has 0 aliphatic rings. The molecule has 1 aromatic heterocycles. The summed E-state index contributed by atoms with van der Waals surface area (Å²) in [4.78, 5) is 11.8. The first-order valence-electron chi connectivity index (χ1n) is 5.57. The van der Waals surface area contributed by atoms with Crippen LogP contribution in [0.25, 0.3) is 0 Å². The number of rotatable bonds is 5. The summed E-state index contributed by atoms with van der Waals surface area (Å²) in [6, 6.07) is 5.73. The summed E-state index contributed by atoms with van der Waals surface area (Å²) in [5, 5.41) is 7.99. The Balaban J connectivity index is 2.32. The first kappa shape index (κ1) is 15.7. The van der Waals surface area contributed by atoms with E-state index in [9.17, 15) is 4.79 Å². The average Bonchev–Trinajstić information content (AvgIpc) is 2.80. The lowest BCUT2D eigenvalue weighted by atomic mass is 10.2. The number of methoxy groups -OCH3 is 1. The number of carbonyl (C=O) groups is 1. The second-order valence-corrected chi connectivity index (χ2v) is 6.03. The van der Waals surface area contributed by atoms with Gasteiger partial charge in [-0.3, -0.25) is 9.36 Å². The molecule has 0 radical (unpaired) electrons. The fraction of sp³-hybridized carbons (Fsp3) is 0.250. The van der Waals surface area contributed by atoms with Crippen molar-refractivity contribution >= 4 is 53.6 Å². The molecule has 1 aromatic carbocycles. The maximum absolute atomic E-state index is 11.8.